The zero-order chi connectivity index (χ0) is 23.4. The van der Waals surface area contributed by atoms with Crippen molar-refractivity contribution < 1.29 is 28.7 Å². The molecule has 4 rings (SSSR count). The fraction of sp³-hybridized carbons (Fsp3) is 0.500. The molecule has 0 spiro atoms. The maximum absolute atomic E-state index is 12.8. The number of nitrogens with one attached hydrogen (secondary N) is 2. The molecule has 0 unspecified atom stereocenters. The number of likely N-dealkylation sites (tertiary alicyclic amines) is 1. The fourth-order valence-electron chi connectivity index (χ4n) is 4.80. The topological polar surface area (TPSA) is 114 Å². The summed E-state index contributed by atoms with van der Waals surface area (Å²) in [6.07, 6.45) is 4.28. The number of carbonyl (C=O) groups excluding carboxylic acids is 4. The number of carbonyl (C=O) groups is 4. The van der Waals surface area contributed by atoms with E-state index in [0.717, 1.165) is 25.7 Å². The first-order valence-electron chi connectivity index (χ1n) is 11.5. The molecule has 3 amide bonds. The van der Waals surface area contributed by atoms with Crippen LogP contribution in [0.4, 0.5) is 4.79 Å². The van der Waals surface area contributed by atoms with Gasteiger partial charge in [-0.3, -0.25) is 9.59 Å². The standard InChI is InChI=1S/C24H29N3O6/c1-2-32-23(30)20-18(25-24(31)26-21(20)15-8-4-3-5-9-15)14-33-22(29)16-12-19(28)27(13-16)17-10-6-7-11-17/h3-5,8-9,16-17,21H,2,6-7,10-14H2,1H3,(H2,25,26,31)/t16-,21+/m1/s1. The summed E-state index contributed by atoms with van der Waals surface area (Å²) in [5, 5.41) is 5.33. The highest BCUT2D eigenvalue weighted by Gasteiger charge is 2.40. The first kappa shape index (κ1) is 22.8. The minimum atomic E-state index is -0.737. The molecule has 2 N–H and O–H groups in total. The second-order valence-corrected chi connectivity index (χ2v) is 8.55. The van der Waals surface area contributed by atoms with E-state index in [1.165, 1.54) is 0 Å². The van der Waals surface area contributed by atoms with Crippen LogP contribution in [-0.2, 0) is 23.9 Å². The third-order valence-electron chi connectivity index (χ3n) is 6.40. The van der Waals surface area contributed by atoms with Crippen LogP contribution in [0.5, 0.6) is 0 Å². The van der Waals surface area contributed by atoms with E-state index in [1.54, 1.807) is 36.1 Å². The Hall–Kier alpha value is -3.36. The van der Waals surface area contributed by atoms with Crippen molar-refractivity contribution in [3.63, 3.8) is 0 Å². The van der Waals surface area contributed by atoms with Gasteiger partial charge in [0.25, 0.3) is 0 Å². The van der Waals surface area contributed by atoms with E-state index >= 15 is 0 Å². The molecule has 2 fully saturated rings. The number of nitrogens with zero attached hydrogens (tertiary/aromatic N) is 1. The Morgan fingerprint density at radius 2 is 1.82 bits per heavy atom. The van der Waals surface area contributed by atoms with E-state index in [0.29, 0.717) is 12.1 Å². The summed E-state index contributed by atoms with van der Waals surface area (Å²) in [6.45, 7) is 1.91. The van der Waals surface area contributed by atoms with Gasteiger partial charge in [0.15, 0.2) is 0 Å². The van der Waals surface area contributed by atoms with Crippen LogP contribution in [0.2, 0.25) is 0 Å². The second kappa shape index (κ2) is 10.1. The van der Waals surface area contributed by atoms with Crippen LogP contribution in [-0.4, -0.2) is 54.6 Å². The average Bonchev–Trinajstić information content (AvgIpc) is 3.47. The number of esters is 2. The number of hydrogen-bond donors (Lipinski definition) is 2. The Labute approximate surface area is 192 Å². The summed E-state index contributed by atoms with van der Waals surface area (Å²) in [4.78, 5) is 52.1. The molecule has 1 aliphatic carbocycles. The van der Waals surface area contributed by atoms with Crippen LogP contribution in [0, 0.1) is 5.92 Å². The van der Waals surface area contributed by atoms with Gasteiger partial charge in [-0.1, -0.05) is 43.2 Å². The van der Waals surface area contributed by atoms with Crippen molar-refractivity contribution in [3.05, 3.63) is 47.2 Å². The Morgan fingerprint density at radius 1 is 1.09 bits per heavy atom. The molecule has 2 aliphatic heterocycles. The van der Waals surface area contributed by atoms with Gasteiger partial charge in [-0.15, -0.1) is 0 Å². The van der Waals surface area contributed by atoms with E-state index in [2.05, 4.69) is 10.6 Å². The zero-order valence-corrected chi connectivity index (χ0v) is 18.7. The molecule has 0 bridgehead atoms. The molecule has 1 saturated carbocycles. The Morgan fingerprint density at radius 3 is 2.52 bits per heavy atom. The number of amides is 3. The maximum Gasteiger partial charge on any atom is 0.338 e. The molecule has 33 heavy (non-hydrogen) atoms. The highest BCUT2D eigenvalue weighted by molar-refractivity contribution is 5.95. The lowest BCUT2D eigenvalue weighted by Gasteiger charge is -2.29. The van der Waals surface area contributed by atoms with Gasteiger partial charge < -0.3 is 25.0 Å². The minimum absolute atomic E-state index is 0.0189. The third kappa shape index (κ3) is 5.02. The van der Waals surface area contributed by atoms with Crippen molar-refractivity contribution in [2.45, 2.75) is 51.1 Å². The normalized spacial score (nSPS) is 23.4. The van der Waals surface area contributed by atoms with Gasteiger partial charge in [-0.05, 0) is 25.3 Å². The molecule has 9 heteroatoms. The van der Waals surface area contributed by atoms with E-state index < -0.39 is 29.9 Å². The number of ether oxygens (including phenoxy) is 2. The van der Waals surface area contributed by atoms with Gasteiger partial charge in [0, 0.05) is 19.0 Å². The molecule has 0 radical (unpaired) electrons. The van der Waals surface area contributed by atoms with Gasteiger partial charge in [-0.25, -0.2) is 9.59 Å². The maximum atomic E-state index is 12.8. The van der Waals surface area contributed by atoms with Crippen LogP contribution in [0.1, 0.15) is 50.6 Å². The third-order valence-corrected chi connectivity index (χ3v) is 6.40. The molecule has 1 aromatic rings. The lowest BCUT2D eigenvalue weighted by molar-refractivity contribution is -0.148. The van der Waals surface area contributed by atoms with E-state index in [4.69, 9.17) is 9.47 Å². The second-order valence-electron chi connectivity index (χ2n) is 8.55. The molecular weight excluding hydrogens is 426 g/mol. The fourth-order valence-corrected chi connectivity index (χ4v) is 4.80. The number of benzene rings is 1. The summed E-state index contributed by atoms with van der Waals surface area (Å²) in [5.41, 5.74) is 1.06. The van der Waals surface area contributed by atoms with Crippen LogP contribution in [0.3, 0.4) is 0 Å². The summed E-state index contributed by atoms with van der Waals surface area (Å²) in [5.74, 6) is -1.68. The summed E-state index contributed by atoms with van der Waals surface area (Å²) >= 11 is 0. The molecule has 9 nitrogen and oxygen atoms in total. The first-order chi connectivity index (χ1) is 16.0. The zero-order valence-electron chi connectivity index (χ0n) is 18.7. The molecule has 3 aliphatic rings. The first-order valence-corrected chi connectivity index (χ1v) is 11.5. The Balaban J connectivity index is 1.50. The van der Waals surface area contributed by atoms with Crippen LogP contribution in [0.25, 0.3) is 0 Å². The van der Waals surface area contributed by atoms with Crippen LogP contribution < -0.4 is 10.6 Å². The molecule has 1 aromatic carbocycles. The Kier molecular flexibility index (Phi) is 6.96. The van der Waals surface area contributed by atoms with Gasteiger partial charge in [0.05, 0.1) is 29.8 Å². The Bertz CT molecular complexity index is 954. The van der Waals surface area contributed by atoms with Crippen molar-refractivity contribution in [1.82, 2.24) is 15.5 Å². The van der Waals surface area contributed by atoms with Crippen molar-refractivity contribution in [3.8, 4) is 0 Å². The average molecular weight is 456 g/mol. The predicted octanol–water partition coefficient (Wildman–Crippen LogP) is 2.19. The molecule has 2 atom stereocenters. The molecule has 1 saturated heterocycles. The quantitative estimate of drug-likeness (QED) is 0.610. The highest BCUT2D eigenvalue weighted by Crippen LogP contribution is 2.31. The summed E-state index contributed by atoms with van der Waals surface area (Å²) in [7, 11) is 0. The lowest BCUT2D eigenvalue weighted by atomic mass is 9.95. The molecule has 176 valence electrons. The predicted molar refractivity (Wildman–Crippen MR) is 118 cm³/mol. The largest absolute Gasteiger partial charge is 0.463 e. The van der Waals surface area contributed by atoms with Crippen LogP contribution >= 0.6 is 0 Å². The van der Waals surface area contributed by atoms with Crippen molar-refractivity contribution in [2.75, 3.05) is 19.8 Å². The minimum Gasteiger partial charge on any atom is -0.463 e. The van der Waals surface area contributed by atoms with Crippen molar-refractivity contribution >= 4 is 23.9 Å². The number of hydrogen-bond acceptors (Lipinski definition) is 6. The SMILES string of the molecule is CCOC(=O)C1=C(COC(=O)[C@@H]2CC(=O)N(C3CCCC3)C2)NC(=O)N[C@H]1c1ccccc1. The van der Waals surface area contributed by atoms with Crippen molar-refractivity contribution in [2.24, 2.45) is 5.92 Å². The number of urea groups is 1. The van der Waals surface area contributed by atoms with E-state index in [-0.39, 0.29) is 42.9 Å². The van der Waals surface area contributed by atoms with E-state index in [9.17, 15) is 19.2 Å². The number of rotatable bonds is 7. The molecular formula is C24H29N3O6. The van der Waals surface area contributed by atoms with Gasteiger partial charge in [-0.2, -0.15) is 0 Å². The van der Waals surface area contributed by atoms with Crippen molar-refractivity contribution in [1.29, 1.82) is 0 Å². The molecule has 2 heterocycles. The van der Waals surface area contributed by atoms with Crippen LogP contribution in [0.15, 0.2) is 41.6 Å². The highest BCUT2D eigenvalue weighted by atomic mass is 16.5. The monoisotopic (exact) mass is 455 g/mol. The lowest BCUT2D eigenvalue weighted by Crippen LogP contribution is -2.47. The summed E-state index contributed by atoms with van der Waals surface area (Å²) in [6, 6.07) is 7.99. The van der Waals surface area contributed by atoms with Gasteiger partial charge in [0.2, 0.25) is 5.91 Å². The van der Waals surface area contributed by atoms with E-state index in [1.807, 2.05) is 6.07 Å². The smallest absolute Gasteiger partial charge is 0.338 e. The molecule has 0 aromatic heterocycles. The van der Waals surface area contributed by atoms with Gasteiger partial charge >= 0.3 is 18.0 Å². The summed E-state index contributed by atoms with van der Waals surface area (Å²) < 4.78 is 10.7. The van der Waals surface area contributed by atoms with Gasteiger partial charge in [0.1, 0.15) is 6.61 Å².